The third-order valence-electron chi connectivity index (χ3n) is 5.75. The fraction of sp³-hybridized carbons (Fsp3) is 0.278. The summed E-state index contributed by atoms with van der Waals surface area (Å²) < 4.78 is -0.294. The first-order chi connectivity index (χ1) is 12.0. The number of amides is 3. The minimum absolute atomic E-state index is 0.294. The van der Waals surface area contributed by atoms with Gasteiger partial charge in [0.05, 0.1) is 18.8 Å². The van der Waals surface area contributed by atoms with Crippen molar-refractivity contribution in [2.75, 3.05) is 24.7 Å². The average molecular weight is 338 g/mol. The molecular formula is C18H16N3O4+. The van der Waals surface area contributed by atoms with Crippen LogP contribution in [0.4, 0.5) is 10.5 Å². The number of carbonyl (C=O) groups is 3. The van der Waals surface area contributed by atoms with E-state index in [1.807, 2.05) is 41.3 Å². The number of anilines is 1. The Hall–Kier alpha value is -2.77. The van der Waals surface area contributed by atoms with Crippen molar-refractivity contribution in [1.82, 2.24) is 4.90 Å². The first-order valence-corrected chi connectivity index (χ1v) is 8.23. The van der Waals surface area contributed by atoms with Gasteiger partial charge < -0.3 is 5.11 Å². The molecule has 1 N–H and O–H groups in total. The first kappa shape index (κ1) is 14.6. The second-order valence-electron chi connectivity index (χ2n) is 6.93. The third-order valence-corrected chi connectivity index (χ3v) is 5.75. The molecule has 2 aromatic rings. The molecule has 7 heteroatoms. The quantitative estimate of drug-likeness (QED) is 0.658. The molecule has 1 spiro atoms. The van der Waals surface area contributed by atoms with E-state index in [9.17, 15) is 19.5 Å². The molecule has 3 aliphatic rings. The molecule has 3 amide bonds. The van der Waals surface area contributed by atoms with Crippen LogP contribution in [-0.2, 0) is 9.59 Å². The van der Waals surface area contributed by atoms with E-state index in [2.05, 4.69) is 0 Å². The van der Waals surface area contributed by atoms with Crippen LogP contribution in [0.2, 0.25) is 0 Å². The van der Waals surface area contributed by atoms with E-state index in [0.717, 1.165) is 10.8 Å². The summed E-state index contributed by atoms with van der Waals surface area (Å²) in [5.74, 6) is -1.32. The maximum absolute atomic E-state index is 13.3. The van der Waals surface area contributed by atoms with Gasteiger partial charge in [0, 0.05) is 5.39 Å². The second-order valence-corrected chi connectivity index (χ2v) is 6.93. The van der Waals surface area contributed by atoms with E-state index in [1.54, 1.807) is 6.07 Å². The number of urea groups is 1. The highest BCUT2D eigenvalue weighted by Crippen LogP contribution is 2.44. The highest BCUT2D eigenvalue weighted by molar-refractivity contribution is 6.22. The van der Waals surface area contributed by atoms with Crippen molar-refractivity contribution in [3.63, 3.8) is 0 Å². The summed E-state index contributed by atoms with van der Waals surface area (Å²) in [4.78, 5) is 41.2. The molecule has 2 aromatic carbocycles. The lowest BCUT2D eigenvalue weighted by molar-refractivity contribution is -0.853. The molecule has 0 saturated carbocycles. The van der Waals surface area contributed by atoms with Gasteiger partial charge in [0.15, 0.2) is 6.04 Å². The number of fused-ring (bicyclic) bond motifs is 2. The molecule has 126 valence electrons. The average Bonchev–Trinajstić information content (AvgIpc) is 3.24. The molecule has 0 radical (unpaired) electrons. The molecule has 0 aromatic heterocycles. The van der Waals surface area contributed by atoms with Gasteiger partial charge in [0.2, 0.25) is 6.04 Å². The van der Waals surface area contributed by atoms with Gasteiger partial charge in [-0.3, -0.25) is 4.79 Å². The van der Waals surface area contributed by atoms with Gasteiger partial charge >= 0.3 is 12.0 Å². The number of hydrogen-bond acceptors (Lipinski definition) is 4. The van der Waals surface area contributed by atoms with Crippen LogP contribution in [0, 0.1) is 0 Å². The molecule has 3 aliphatic heterocycles. The van der Waals surface area contributed by atoms with Gasteiger partial charge in [-0.1, -0.05) is 36.4 Å². The Labute approximate surface area is 143 Å². The van der Waals surface area contributed by atoms with Crippen molar-refractivity contribution >= 4 is 34.4 Å². The molecule has 25 heavy (non-hydrogen) atoms. The van der Waals surface area contributed by atoms with E-state index >= 15 is 0 Å². The van der Waals surface area contributed by atoms with E-state index in [0.29, 0.717) is 25.4 Å². The molecule has 2 bridgehead atoms. The largest absolute Gasteiger partial charge is 0.477 e. The predicted octanol–water partition coefficient (Wildman–Crippen LogP) is 1.23. The first-order valence-electron chi connectivity index (χ1n) is 8.23. The summed E-state index contributed by atoms with van der Waals surface area (Å²) in [6.07, 6.45) is 0. The summed E-state index contributed by atoms with van der Waals surface area (Å²) in [5, 5.41) is 11.3. The molecule has 4 atom stereocenters. The number of quaternary nitrogens is 1. The Balaban J connectivity index is 1.68. The van der Waals surface area contributed by atoms with E-state index < -0.39 is 24.1 Å². The summed E-state index contributed by atoms with van der Waals surface area (Å²) in [6, 6.07) is 11.1. The smallest absolute Gasteiger partial charge is 0.433 e. The number of carboxylic acid groups (broad SMARTS) is 1. The van der Waals surface area contributed by atoms with Crippen LogP contribution in [0.3, 0.4) is 0 Å². The van der Waals surface area contributed by atoms with Crippen LogP contribution in [0.15, 0.2) is 42.5 Å². The highest BCUT2D eigenvalue weighted by atomic mass is 16.4. The second kappa shape index (κ2) is 4.65. The summed E-state index contributed by atoms with van der Waals surface area (Å²) in [6.45, 7) is 1.05. The molecule has 7 nitrogen and oxygen atoms in total. The SMILES string of the molecule is O=C(O)C1CN2CC3C(=O)N(c4cccc5ccccc45)C(=O)[N+]13C2. The Kier molecular flexibility index (Phi) is 2.71. The number of piperazine rings is 1. The zero-order valence-electron chi connectivity index (χ0n) is 13.3. The van der Waals surface area contributed by atoms with Crippen LogP contribution in [0.25, 0.3) is 10.8 Å². The Morgan fingerprint density at radius 2 is 1.84 bits per heavy atom. The number of imide groups is 1. The van der Waals surface area contributed by atoms with E-state index in [4.69, 9.17) is 0 Å². The zero-order chi connectivity index (χ0) is 17.3. The van der Waals surface area contributed by atoms with Crippen LogP contribution in [0.1, 0.15) is 0 Å². The number of benzene rings is 2. The van der Waals surface area contributed by atoms with Gasteiger partial charge in [-0.15, -0.1) is 0 Å². The summed E-state index contributed by atoms with van der Waals surface area (Å²) in [7, 11) is 0. The Morgan fingerprint density at radius 3 is 2.64 bits per heavy atom. The number of nitrogens with zero attached hydrogens (tertiary/aromatic N) is 3. The van der Waals surface area contributed by atoms with Crippen molar-refractivity contribution in [3.05, 3.63) is 42.5 Å². The van der Waals surface area contributed by atoms with Crippen molar-refractivity contribution in [2.45, 2.75) is 12.1 Å². The summed E-state index contributed by atoms with van der Waals surface area (Å²) in [5.41, 5.74) is 0.539. The number of carboxylic acids is 1. The Bertz CT molecular complexity index is 953. The fourth-order valence-electron chi connectivity index (χ4n) is 4.65. The minimum Gasteiger partial charge on any atom is -0.477 e. The lowest BCUT2D eigenvalue weighted by atomic mass is 10.1. The van der Waals surface area contributed by atoms with Crippen molar-refractivity contribution in [3.8, 4) is 0 Å². The molecular weight excluding hydrogens is 322 g/mol. The molecule has 0 aliphatic carbocycles. The van der Waals surface area contributed by atoms with Crippen LogP contribution < -0.4 is 4.90 Å². The van der Waals surface area contributed by atoms with E-state index in [-0.39, 0.29) is 10.4 Å². The molecule has 3 heterocycles. The minimum atomic E-state index is -1.02. The normalized spacial score (nSPS) is 33.3. The lowest BCUT2D eigenvalue weighted by Gasteiger charge is -2.31. The maximum atomic E-state index is 13.3. The standard InChI is InChI=1S/C18H15N3O4/c22-16-14-8-19-9-15(17(23)24)21(14,10-19)18(25)20(16)13-7-3-5-11-4-1-2-6-12(11)13/h1-7,14-15H,8-10H2/p+1. The monoisotopic (exact) mass is 338 g/mol. The number of aliphatic carboxylic acids is 1. The molecule has 3 saturated heterocycles. The lowest BCUT2D eigenvalue weighted by Crippen LogP contribution is -2.62. The van der Waals surface area contributed by atoms with Crippen molar-refractivity contribution in [1.29, 1.82) is 0 Å². The number of rotatable bonds is 2. The molecule has 3 fully saturated rings. The predicted molar refractivity (Wildman–Crippen MR) is 88.7 cm³/mol. The van der Waals surface area contributed by atoms with Gasteiger partial charge in [-0.25, -0.2) is 19.0 Å². The van der Waals surface area contributed by atoms with Crippen LogP contribution in [-0.4, -0.2) is 64.2 Å². The van der Waals surface area contributed by atoms with Gasteiger partial charge in [-0.2, -0.15) is 4.90 Å². The van der Waals surface area contributed by atoms with Gasteiger partial charge in [-0.05, 0) is 11.5 Å². The molecule has 4 unspecified atom stereocenters. The zero-order valence-corrected chi connectivity index (χ0v) is 13.3. The summed E-state index contributed by atoms with van der Waals surface area (Å²) >= 11 is 0. The maximum Gasteiger partial charge on any atom is 0.433 e. The van der Waals surface area contributed by atoms with E-state index in [1.165, 1.54) is 4.90 Å². The van der Waals surface area contributed by atoms with Gasteiger partial charge in [0.1, 0.15) is 6.67 Å². The number of carbonyl (C=O) groups excluding carboxylic acids is 2. The highest BCUT2D eigenvalue weighted by Gasteiger charge is 2.73. The molecule has 5 rings (SSSR count). The van der Waals surface area contributed by atoms with Crippen LogP contribution in [0.5, 0.6) is 0 Å². The van der Waals surface area contributed by atoms with Crippen LogP contribution >= 0.6 is 0 Å². The third kappa shape index (κ3) is 1.64. The number of hydrogen-bond donors (Lipinski definition) is 1. The van der Waals surface area contributed by atoms with Crippen molar-refractivity contribution in [2.24, 2.45) is 0 Å². The fourth-order valence-corrected chi connectivity index (χ4v) is 4.65. The van der Waals surface area contributed by atoms with Crippen molar-refractivity contribution < 1.29 is 24.0 Å². The Morgan fingerprint density at radius 1 is 1.08 bits per heavy atom. The van der Waals surface area contributed by atoms with Gasteiger partial charge in [0.25, 0.3) is 5.91 Å². The topological polar surface area (TPSA) is 77.9 Å².